The molecule has 1 aromatic carbocycles. The third-order valence-electron chi connectivity index (χ3n) is 1.84. The molecule has 0 aromatic heterocycles. The molecule has 1 rings (SSSR count). The minimum Gasteiger partial charge on any atom is -0.493 e. The van der Waals surface area contributed by atoms with Crippen molar-refractivity contribution < 1.29 is 27.4 Å². The van der Waals surface area contributed by atoms with Gasteiger partial charge in [-0.05, 0) is 12.1 Å². The predicted octanol–water partition coefficient (Wildman–Crippen LogP) is 2.27. The molecule has 0 aliphatic carbocycles. The first-order valence-electron chi connectivity index (χ1n) is 3.97. The second-order valence-corrected chi connectivity index (χ2v) is 2.76. The lowest BCUT2D eigenvalue weighted by molar-refractivity contribution is -0.00731. The first kappa shape index (κ1) is 11.8. The number of halogens is 4. The molecule has 0 heterocycles. The van der Waals surface area contributed by atoms with Gasteiger partial charge in [-0.25, -0.2) is 13.2 Å². The lowest BCUT2D eigenvalue weighted by Crippen LogP contribution is -2.11. The summed E-state index contributed by atoms with van der Waals surface area (Å²) in [5.74, 6) is -3.32. The number of methoxy groups -OCH3 is 1. The van der Waals surface area contributed by atoms with E-state index in [2.05, 4.69) is 4.74 Å². The third-order valence-corrected chi connectivity index (χ3v) is 1.84. The van der Waals surface area contributed by atoms with Crippen molar-refractivity contribution >= 4 is 0 Å². The molecule has 1 atom stereocenters. The van der Waals surface area contributed by atoms with E-state index in [1.165, 1.54) is 0 Å². The highest BCUT2D eigenvalue weighted by atomic mass is 19.3. The van der Waals surface area contributed by atoms with E-state index in [0.717, 1.165) is 13.2 Å². The van der Waals surface area contributed by atoms with Crippen LogP contribution in [0.1, 0.15) is 11.7 Å². The number of hydrogen-bond donors (Lipinski definition) is 1. The van der Waals surface area contributed by atoms with Crippen LogP contribution in [0.3, 0.4) is 0 Å². The van der Waals surface area contributed by atoms with Gasteiger partial charge in [0.2, 0.25) is 5.82 Å². The van der Waals surface area contributed by atoms with Crippen LogP contribution < -0.4 is 4.74 Å². The monoisotopic (exact) mass is 224 g/mol. The highest BCUT2D eigenvalue weighted by Crippen LogP contribution is 2.32. The molecule has 2 nitrogen and oxygen atoms in total. The van der Waals surface area contributed by atoms with Crippen molar-refractivity contribution in [2.45, 2.75) is 12.5 Å². The number of ether oxygens (including phenoxy) is 1. The molecule has 15 heavy (non-hydrogen) atoms. The van der Waals surface area contributed by atoms with Gasteiger partial charge in [-0.3, -0.25) is 0 Å². The van der Waals surface area contributed by atoms with Gasteiger partial charge in [-0.2, -0.15) is 4.39 Å². The molecule has 0 saturated heterocycles. The quantitative estimate of drug-likeness (QED) is 0.798. The van der Waals surface area contributed by atoms with Crippen molar-refractivity contribution in [1.82, 2.24) is 0 Å². The molecule has 1 unspecified atom stereocenters. The Morgan fingerprint density at radius 3 is 2.33 bits per heavy atom. The summed E-state index contributed by atoms with van der Waals surface area (Å²) < 4.78 is 54.4. The Kier molecular flexibility index (Phi) is 3.52. The topological polar surface area (TPSA) is 29.5 Å². The molecular formula is C9H8F4O2. The highest BCUT2D eigenvalue weighted by molar-refractivity contribution is 5.37. The Morgan fingerprint density at radius 2 is 1.87 bits per heavy atom. The fraction of sp³-hybridized carbons (Fsp3) is 0.333. The summed E-state index contributed by atoms with van der Waals surface area (Å²) in [6.07, 6.45) is -5.29. The largest absolute Gasteiger partial charge is 0.493 e. The van der Waals surface area contributed by atoms with Crippen LogP contribution in [0.25, 0.3) is 0 Å². The van der Waals surface area contributed by atoms with Crippen LogP contribution in [-0.4, -0.2) is 18.6 Å². The molecule has 0 bridgehead atoms. The van der Waals surface area contributed by atoms with Crippen molar-refractivity contribution in [3.05, 3.63) is 29.3 Å². The van der Waals surface area contributed by atoms with Gasteiger partial charge in [0.15, 0.2) is 11.6 Å². The smallest absolute Gasteiger partial charge is 0.268 e. The lowest BCUT2D eigenvalue weighted by Gasteiger charge is -2.14. The van der Waals surface area contributed by atoms with Crippen LogP contribution in [0.4, 0.5) is 17.6 Å². The molecule has 1 N–H and O–H groups in total. The highest BCUT2D eigenvalue weighted by Gasteiger charge is 2.26. The molecular weight excluding hydrogens is 216 g/mol. The van der Waals surface area contributed by atoms with Crippen LogP contribution in [0.15, 0.2) is 12.1 Å². The Morgan fingerprint density at radius 1 is 1.27 bits per heavy atom. The zero-order valence-electron chi connectivity index (χ0n) is 7.68. The molecule has 0 fully saturated rings. The van der Waals surface area contributed by atoms with Gasteiger partial charge in [0.1, 0.15) is 6.10 Å². The number of rotatable bonds is 3. The van der Waals surface area contributed by atoms with Crippen LogP contribution in [0, 0.1) is 11.6 Å². The average molecular weight is 224 g/mol. The fourth-order valence-electron chi connectivity index (χ4n) is 1.12. The Labute approximate surface area is 83.1 Å². The Hall–Kier alpha value is -1.30. The zero-order chi connectivity index (χ0) is 11.6. The minimum absolute atomic E-state index is 0.480. The fourth-order valence-corrected chi connectivity index (χ4v) is 1.12. The van der Waals surface area contributed by atoms with Crippen molar-refractivity contribution in [2.75, 3.05) is 7.11 Å². The van der Waals surface area contributed by atoms with Crippen molar-refractivity contribution in [1.29, 1.82) is 0 Å². The van der Waals surface area contributed by atoms with Crippen molar-refractivity contribution in [2.24, 2.45) is 0 Å². The summed E-state index contributed by atoms with van der Waals surface area (Å²) in [5.41, 5.74) is -0.480. The number of hydrogen-bond acceptors (Lipinski definition) is 2. The van der Waals surface area contributed by atoms with Crippen LogP contribution in [0.5, 0.6) is 5.75 Å². The molecule has 6 heteroatoms. The first-order chi connectivity index (χ1) is 6.99. The number of alkyl halides is 2. The average Bonchev–Trinajstić information content (AvgIpc) is 2.20. The van der Waals surface area contributed by atoms with E-state index in [9.17, 15) is 17.6 Å². The third kappa shape index (κ3) is 2.20. The number of aliphatic hydroxyl groups is 1. The van der Waals surface area contributed by atoms with Gasteiger partial charge in [0, 0.05) is 5.56 Å². The predicted molar refractivity (Wildman–Crippen MR) is 43.9 cm³/mol. The summed E-state index contributed by atoms with van der Waals surface area (Å²) in [4.78, 5) is 0. The van der Waals surface area contributed by atoms with Gasteiger partial charge in [0.05, 0.1) is 7.11 Å². The molecule has 0 radical (unpaired) electrons. The molecule has 84 valence electrons. The molecule has 0 spiro atoms. The summed E-state index contributed by atoms with van der Waals surface area (Å²) in [7, 11) is 1.000. The lowest BCUT2D eigenvalue weighted by atomic mass is 10.1. The van der Waals surface area contributed by atoms with E-state index < -0.39 is 35.5 Å². The van der Waals surface area contributed by atoms with Crippen LogP contribution >= 0.6 is 0 Å². The summed E-state index contributed by atoms with van der Waals surface area (Å²) in [5, 5.41) is 9.01. The van der Waals surface area contributed by atoms with Gasteiger partial charge in [-0.1, -0.05) is 0 Å². The maximum atomic E-state index is 13.0. The normalized spacial score (nSPS) is 13.0. The number of aliphatic hydroxyl groups excluding tert-OH is 1. The summed E-state index contributed by atoms with van der Waals surface area (Å²) in [6, 6.07) is 1.51. The molecule has 0 aliphatic heterocycles. The van der Waals surface area contributed by atoms with E-state index in [1.54, 1.807) is 0 Å². The minimum atomic E-state index is -3.09. The van der Waals surface area contributed by atoms with Gasteiger partial charge >= 0.3 is 0 Å². The first-order valence-corrected chi connectivity index (χ1v) is 3.97. The maximum absolute atomic E-state index is 13.0. The Balaban J connectivity index is 3.24. The molecule has 0 saturated carbocycles. The van der Waals surface area contributed by atoms with Gasteiger partial charge in [0.25, 0.3) is 6.43 Å². The van der Waals surface area contributed by atoms with Crippen LogP contribution in [-0.2, 0) is 0 Å². The van der Waals surface area contributed by atoms with Crippen molar-refractivity contribution in [3.8, 4) is 5.75 Å². The van der Waals surface area contributed by atoms with E-state index >= 15 is 0 Å². The van der Waals surface area contributed by atoms with E-state index in [0.29, 0.717) is 6.07 Å². The van der Waals surface area contributed by atoms with E-state index in [1.807, 2.05) is 0 Å². The second kappa shape index (κ2) is 4.48. The molecule has 0 aliphatic rings. The summed E-state index contributed by atoms with van der Waals surface area (Å²) in [6.45, 7) is 0. The molecule has 1 aromatic rings. The van der Waals surface area contributed by atoms with E-state index in [-0.39, 0.29) is 0 Å². The molecule has 0 amide bonds. The van der Waals surface area contributed by atoms with Crippen LogP contribution in [0.2, 0.25) is 0 Å². The number of benzene rings is 1. The second-order valence-electron chi connectivity index (χ2n) is 2.76. The van der Waals surface area contributed by atoms with E-state index in [4.69, 9.17) is 5.11 Å². The van der Waals surface area contributed by atoms with Gasteiger partial charge < -0.3 is 9.84 Å². The zero-order valence-corrected chi connectivity index (χ0v) is 7.68. The van der Waals surface area contributed by atoms with Crippen molar-refractivity contribution in [3.63, 3.8) is 0 Å². The summed E-state index contributed by atoms with van der Waals surface area (Å²) >= 11 is 0. The van der Waals surface area contributed by atoms with Gasteiger partial charge in [-0.15, -0.1) is 0 Å². The standard InChI is InChI=1S/C9H8F4O2/c1-15-8-4(7(14)9(12)13)2-3-5(10)6(8)11/h2-3,7,9,14H,1H3. The Bertz CT molecular complexity index is 354. The maximum Gasteiger partial charge on any atom is 0.268 e. The SMILES string of the molecule is COc1c(C(O)C(F)F)ccc(F)c1F.